The molecule has 0 aliphatic carbocycles. The van der Waals surface area contributed by atoms with Crippen LogP contribution in [-0.2, 0) is 6.54 Å². The summed E-state index contributed by atoms with van der Waals surface area (Å²) in [5, 5.41) is 10.8. The fourth-order valence-electron chi connectivity index (χ4n) is 1.53. The van der Waals surface area contributed by atoms with E-state index in [-0.39, 0.29) is 10.8 Å². The zero-order valence-corrected chi connectivity index (χ0v) is 11.1. The number of rotatable bonds is 4. The molecule has 0 spiro atoms. The summed E-state index contributed by atoms with van der Waals surface area (Å²) in [5.41, 5.74) is 5.04. The number of aromatic nitrogens is 1. The predicted octanol–water partition coefficient (Wildman–Crippen LogP) is 1.43. The van der Waals surface area contributed by atoms with E-state index < -0.39 is 0 Å². The Hall–Kier alpha value is -1.95. The molecule has 6 heteroatoms. The third kappa shape index (κ3) is 2.65. The summed E-state index contributed by atoms with van der Waals surface area (Å²) < 4.78 is 1.14. The van der Waals surface area contributed by atoms with Gasteiger partial charge in [0, 0.05) is 19.8 Å². The molecule has 1 aromatic carbocycles. The van der Waals surface area contributed by atoms with E-state index in [1.807, 2.05) is 43.3 Å². The van der Waals surface area contributed by atoms with E-state index in [1.165, 1.54) is 5.38 Å². The van der Waals surface area contributed by atoms with Crippen LogP contribution in [0.5, 0.6) is 5.88 Å². The quantitative estimate of drug-likeness (QED) is 0.878. The smallest absolute Gasteiger partial charge is 0.328 e. The van der Waals surface area contributed by atoms with Gasteiger partial charge in [-0.3, -0.25) is 4.79 Å². The second-order valence-electron chi connectivity index (χ2n) is 4.09. The van der Waals surface area contributed by atoms with Gasteiger partial charge >= 0.3 is 4.87 Å². The van der Waals surface area contributed by atoms with E-state index in [2.05, 4.69) is 5.43 Å². The van der Waals surface area contributed by atoms with Crippen LogP contribution in [0, 0.1) is 0 Å². The highest BCUT2D eigenvalue weighted by Gasteiger charge is 2.04. The van der Waals surface area contributed by atoms with Crippen molar-refractivity contribution in [3.8, 4) is 5.88 Å². The van der Waals surface area contributed by atoms with Gasteiger partial charge in [-0.25, -0.2) is 0 Å². The van der Waals surface area contributed by atoms with E-state index in [0.717, 1.165) is 27.3 Å². The topological polar surface area (TPSA) is 57.5 Å². The fourth-order valence-corrected chi connectivity index (χ4v) is 2.11. The summed E-state index contributed by atoms with van der Waals surface area (Å²) in [6.07, 6.45) is 0. The van der Waals surface area contributed by atoms with E-state index in [9.17, 15) is 9.90 Å². The van der Waals surface area contributed by atoms with Crippen LogP contribution in [0.4, 0.5) is 5.69 Å². The van der Waals surface area contributed by atoms with Crippen LogP contribution >= 0.6 is 11.3 Å². The van der Waals surface area contributed by atoms with Crippen molar-refractivity contribution in [2.24, 2.45) is 0 Å². The lowest BCUT2D eigenvalue weighted by Gasteiger charge is -2.13. The minimum Gasteiger partial charge on any atom is -0.493 e. The van der Waals surface area contributed by atoms with Crippen molar-refractivity contribution in [1.29, 1.82) is 0 Å². The molecule has 0 unspecified atom stereocenters. The van der Waals surface area contributed by atoms with Gasteiger partial charge < -0.3 is 15.4 Å². The molecular formula is C12H15N3O2S. The first-order chi connectivity index (χ1) is 8.58. The number of hydrogen-bond donors (Lipinski definition) is 2. The van der Waals surface area contributed by atoms with Crippen molar-refractivity contribution >= 4 is 17.0 Å². The molecule has 1 aromatic heterocycles. The van der Waals surface area contributed by atoms with Crippen LogP contribution in [-0.4, -0.2) is 23.9 Å². The zero-order valence-electron chi connectivity index (χ0n) is 10.3. The lowest BCUT2D eigenvalue weighted by molar-refractivity contribution is 0.429. The number of hydrogen-bond acceptors (Lipinski definition) is 5. The Bertz CT molecular complexity index is 572. The van der Waals surface area contributed by atoms with Crippen molar-refractivity contribution in [2.45, 2.75) is 6.54 Å². The van der Waals surface area contributed by atoms with Gasteiger partial charge in [-0.1, -0.05) is 23.5 Å². The second kappa shape index (κ2) is 5.14. The molecule has 2 rings (SSSR count). The maximum Gasteiger partial charge on any atom is 0.328 e. The van der Waals surface area contributed by atoms with Gasteiger partial charge in [0.25, 0.3) is 0 Å². The summed E-state index contributed by atoms with van der Waals surface area (Å²) in [6.45, 7) is 0.484. The SMILES string of the molecule is CN(C)c1ccc(CNn2c(O)csc2=O)cc1. The van der Waals surface area contributed by atoms with Gasteiger partial charge in [-0.2, -0.15) is 4.68 Å². The first-order valence-electron chi connectivity index (χ1n) is 5.47. The van der Waals surface area contributed by atoms with Gasteiger partial charge in [0.05, 0.1) is 11.9 Å². The molecule has 0 amide bonds. The van der Waals surface area contributed by atoms with Crippen molar-refractivity contribution in [1.82, 2.24) is 4.68 Å². The third-order valence-electron chi connectivity index (χ3n) is 2.57. The molecule has 1 heterocycles. The minimum absolute atomic E-state index is 0.0603. The Morgan fingerprint density at radius 1 is 1.33 bits per heavy atom. The highest BCUT2D eigenvalue weighted by atomic mass is 32.1. The van der Waals surface area contributed by atoms with Crippen LogP contribution in [0.2, 0.25) is 0 Å². The number of nitrogens with one attached hydrogen (secondary N) is 1. The van der Waals surface area contributed by atoms with Crippen LogP contribution in [0.25, 0.3) is 0 Å². The molecule has 0 radical (unpaired) electrons. The average molecular weight is 265 g/mol. The Balaban J connectivity index is 2.05. The van der Waals surface area contributed by atoms with Gasteiger partial charge in [0.15, 0.2) is 0 Å². The van der Waals surface area contributed by atoms with Crippen LogP contribution in [0.15, 0.2) is 34.4 Å². The maximum absolute atomic E-state index is 11.4. The Labute approximate surface area is 109 Å². The fraction of sp³-hybridized carbons (Fsp3) is 0.250. The average Bonchev–Trinajstić information content (AvgIpc) is 2.67. The van der Waals surface area contributed by atoms with Crippen LogP contribution in [0.3, 0.4) is 0 Å². The highest BCUT2D eigenvalue weighted by Crippen LogP contribution is 2.13. The zero-order chi connectivity index (χ0) is 13.1. The Morgan fingerprint density at radius 3 is 2.50 bits per heavy atom. The Kier molecular flexibility index (Phi) is 3.57. The molecule has 0 aliphatic heterocycles. The molecule has 0 fully saturated rings. The molecule has 2 aromatic rings. The van der Waals surface area contributed by atoms with E-state index >= 15 is 0 Å². The molecule has 0 saturated heterocycles. The number of anilines is 1. The molecule has 18 heavy (non-hydrogen) atoms. The molecule has 0 saturated carbocycles. The summed E-state index contributed by atoms with van der Waals surface area (Å²) in [6, 6.07) is 7.98. The van der Waals surface area contributed by atoms with Gasteiger partial charge in [-0.15, -0.1) is 0 Å². The first kappa shape index (κ1) is 12.5. The second-order valence-corrected chi connectivity index (χ2v) is 4.91. The molecule has 0 aliphatic rings. The van der Waals surface area contributed by atoms with E-state index in [0.29, 0.717) is 6.54 Å². The lowest BCUT2D eigenvalue weighted by Crippen LogP contribution is -2.23. The molecule has 5 nitrogen and oxygen atoms in total. The van der Waals surface area contributed by atoms with Gasteiger partial charge in [0.1, 0.15) is 0 Å². The van der Waals surface area contributed by atoms with Crippen molar-refractivity contribution in [2.75, 3.05) is 24.4 Å². The molecular weight excluding hydrogens is 250 g/mol. The minimum atomic E-state index is -0.225. The lowest BCUT2D eigenvalue weighted by atomic mass is 10.2. The predicted molar refractivity (Wildman–Crippen MR) is 74.1 cm³/mol. The van der Waals surface area contributed by atoms with Crippen molar-refractivity contribution < 1.29 is 5.11 Å². The van der Waals surface area contributed by atoms with Gasteiger partial charge in [-0.05, 0) is 17.7 Å². The molecule has 0 atom stereocenters. The third-order valence-corrected chi connectivity index (χ3v) is 3.28. The Morgan fingerprint density at radius 2 is 2.00 bits per heavy atom. The van der Waals surface area contributed by atoms with Crippen molar-refractivity contribution in [3.63, 3.8) is 0 Å². The largest absolute Gasteiger partial charge is 0.493 e. The van der Waals surface area contributed by atoms with Gasteiger partial charge in [0.2, 0.25) is 5.88 Å². The normalized spacial score (nSPS) is 10.3. The number of aromatic hydroxyl groups is 1. The summed E-state index contributed by atoms with van der Waals surface area (Å²) in [7, 11) is 3.96. The van der Waals surface area contributed by atoms with Crippen LogP contribution < -0.4 is 15.2 Å². The maximum atomic E-state index is 11.4. The number of benzene rings is 1. The molecule has 2 N–H and O–H groups in total. The van der Waals surface area contributed by atoms with Crippen LogP contribution in [0.1, 0.15) is 5.56 Å². The summed E-state index contributed by atoms with van der Waals surface area (Å²) in [4.78, 5) is 13.2. The molecule has 0 bridgehead atoms. The number of thiazole rings is 1. The standard InChI is InChI=1S/C12H15N3O2S/c1-14(2)10-5-3-9(4-6-10)7-13-15-11(16)8-18-12(15)17/h3-6,8,13,16H,7H2,1-2H3. The van der Waals surface area contributed by atoms with E-state index in [4.69, 9.17) is 0 Å². The number of nitrogens with zero attached hydrogens (tertiary/aromatic N) is 2. The summed E-state index contributed by atoms with van der Waals surface area (Å²) in [5.74, 6) is -0.0603. The van der Waals surface area contributed by atoms with Crippen molar-refractivity contribution in [3.05, 3.63) is 44.9 Å². The summed E-state index contributed by atoms with van der Waals surface area (Å²) >= 11 is 0.961. The first-order valence-corrected chi connectivity index (χ1v) is 6.35. The monoisotopic (exact) mass is 265 g/mol. The van der Waals surface area contributed by atoms with E-state index in [1.54, 1.807) is 0 Å². The highest BCUT2D eigenvalue weighted by molar-refractivity contribution is 7.07. The molecule has 96 valence electrons.